The van der Waals surface area contributed by atoms with Crippen molar-refractivity contribution < 1.29 is 9.84 Å². The maximum atomic E-state index is 12.5. The summed E-state index contributed by atoms with van der Waals surface area (Å²) in [7, 11) is 1.54. The monoisotopic (exact) mass is 435 g/mol. The number of benzene rings is 1. The number of fused-ring (bicyclic) bond motifs is 1. The highest BCUT2D eigenvalue weighted by Crippen LogP contribution is 2.18. The van der Waals surface area contributed by atoms with Gasteiger partial charge in [-0.05, 0) is 36.6 Å². The van der Waals surface area contributed by atoms with E-state index in [1.807, 2.05) is 0 Å². The van der Waals surface area contributed by atoms with E-state index in [1.54, 1.807) is 28.8 Å². The minimum Gasteiger partial charge on any atom is -0.491 e. The summed E-state index contributed by atoms with van der Waals surface area (Å²) in [5.41, 5.74) is -0.628. The molecule has 0 aliphatic carbocycles. The van der Waals surface area contributed by atoms with Crippen LogP contribution in [0.15, 0.2) is 33.9 Å². The van der Waals surface area contributed by atoms with Crippen LogP contribution in [-0.2, 0) is 13.6 Å². The number of imidazole rings is 1. The van der Waals surface area contributed by atoms with Gasteiger partial charge in [-0.25, -0.2) is 4.79 Å². The van der Waals surface area contributed by atoms with Crippen LogP contribution in [0.2, 0.25) is 5.02 Å². The number of anilines is 1. The molecule has 1 aromatic carbocycles. The number of hydrogen-bond acceptors (Lipinski definition) is 6. The van der Waals surface area contributed by atoms with Crippen LogP contribution in [-0.4, -0.2) is 43.5 Å². The zero-order chi connectivity index (χ0) is 21.8. The smallest absolute Gasteiger partial charge is 0.329 e. The number of nitrogens with one attached hydrogen (secondary N) is 2. The van der Waals surface area contributed by atoms with Gasteiger partial charge in [0.05, 0.1) is 6.54 Å². The standard InChI is InChI=1S/C20H26ClN5O4/c1-12(2)8-9-22-19-23-17-16(18(28)24-20(29)25(17)3)26(19)10-14(27)11-30-15-6-4-13(21)5-7-15/h4-7,12,14,27H,8-11H2,1-3H3,(H,22,23)(H,24,28,29). The third kappa shape index (κ3) is 5.03. The third-order valence-electron chi connectivity index (χ3n) is 4.66. The molecule has 0 fully saturated rings. The van der Waals surface area contributed by atoms with Gasteiger partial charge in [-0.1, -0.05) is 25.4 Å². The Morgan fingerprint density at radius 3 is 2.63 bits per heavy atom. The lowest BCUT2D eigenvalue weighted by Gasteiger charge is -2.16. The maximum Gasteiger partial charge on any atom is 0.329 e. The molecule has 0 saturated carbocycles. The first-order valence-electron chi connectivity index (χ1n) is 9.76. The average molecular weight is 436 g/mol. The highest BCUT2D eigenvalue weighted by Gasteiger charge is 2.20. The number of aliphatic hydroxyl groups excluding tert-OH is 1. The molecule has 0 radical (unpaired) electrons. The number of rotatable bonds is 9. The average Bonchev–Trinajstić information content (AvgIpc) is 3.04. The Kier molecular flexibility index (Phi) is 6.84. The first-order valence-corrected chi connectivity index (χ1v) is 10.1. The number of ether oxygens (including phenoxy) is 1. The van der Waals surface area contributed by atoms with E-state index in [1.165, 1.54) is 11.6 Å². The third-order valence-corrected chi connectivity index (χ3v) is 4.91. The molecule has 1 atom stereocenters. The second kappa shape index (κ2) is 9.36. The summed E-state index contributed by atoms with van der Waals surface area (Å²) < 4.78 is 8.47. The predicted molar refractivity (Wildman–Crippen MR) is 116 cm³/mol. The number of aliphatic hydroxyl groups is 1. The number of aromatic amines is 1. The fourth-order valence-electron chi connectivity index (χ4n) is 3.01. The van der Waals surface area contributed by atoms with E-state index in [-0.39, 0.29) is 24.3 Å². The van der Waals surface area contributed by atoms with Gasteiger partial charge in [-0.15, -0.1) is 0 Å². The van der Waals surface area contributed by atoms with Crippen molar-refractivity contribution in [2.75, 3.05) is 18.5 Å². The summed E-state index contributed by atoms with van der Waals surface area (Å²) >= 11 is 5.86. The Morgan fingerprint density at radius 1 is 1.27 bits per heavy atom. The SMILES string of the molecule is CC(C)CCNc1nc2c(c(=O)[nH]c(=O)n2C)n1CC(O)COc1ccc(Cl)cc1. The van der Waals surface area contributed by atoms with Crippen LogP contribution < -0.4 is 21.3 Å². The van der Waals surface area contributed by atoms with Gasteiger partial charge in [-0.3, -0.25) is 14.3 Å². The molecule has 0 spiro atoms. The largest absolute Gasteiger partial charge is 0.491 e. The number of aromatic nitrogens is 4. The van der Waals surface area contributed by atoms with E-state index in [0.29, 0.717) is 29.2 Å². The molecule has 0 aliphatic heterocycles. The van der Waals surface area contributed by atoms with E-state index < -0.39 is 17.4 Å². The zero-order valence-corrected chi connectivity index (χ0v) is 17.9. The molecule has 3 N–H and O–H groups in total. The van der Waals surface area contributed by atoms with Crippen molar-refractivity contribution in [3.63, 3.8) is 0 Å². The van der Waals surface area contributed by atoms with Gasteiger partial charge < -0.3 is 19.7 Å². The Morgan fingerprint density at radius 2 is 1.97 bits per heavy atom. The molecule has 3 aromatic rings. The van der Waals surface area contributed by atoms with Crippen LogP contribution in [0, 0.1) is 5.92 Å². The fraction of sp³-hybridized carbons (Fsp3) is 0.450. The van der Waals surface area contributed by atoms with Crippen LogP contribution in [0.4, 0.5) is 5.95 Å². The van der Waals surface area contributed by atoms with Crippen molar-refractivity contribution in [1.82, 2.24) is 19.1 Å². The van der Waals surface area contributed by atoms with Crippen LogP contribution in [0.3, 0.4) is 0 Å². The molecule has 0 aliphatic rings. The summed E-state index contributed by atoms with van der Waals surface area (Å²) in [6, 6.07) is 6.81. The second-order valence-corrected chi connectivity index (χ2v) is 8.00. The van der Waals surface area contributed by atoms with Gasteiger partial charge in [0, 0.05) is 18.6 Å². The van der Waals surface area contributed by atoms with Crippen molar-refractivity contribution in [3.8, 4) is 5.75 Å². The van der Waals surface area contributed by atoms with Gasteiger partial charge in [0.2, 0.25) is 5.95 Å². The highest BCUT2D eigenvalue weighted by molar-refractivity contribution is 6.30. The quantitative estimate of drug-likeness (QED) is 0.473. The van der Waals surface area contributed by atoms with Crippen LogP contribution in [0.25, 0.3) is 11.2 Å². The summed E-state index contributed by atoms with van der Waals surface area (Å²) in [6.45, 7) is 4.93. The van der Waals surface area contributed by atoms with Crippen molar-refractivity contribution in [2.24, 2.45) is 13.0 Å². The number of H-pyrrole nitrogens is 1. The Balaban J connectivity index is 1.85. The molecule has 10 heteroatoms. The summed E-state index contributed by atoms with van der Waals surface area (Å²) in [5.74, 6) is 1.48. The van der Waals surface area contributed by atoms with Gasteiger partial charge >= 0.3 is 5.69 Å². The van der Waals surface area contributed by atoms with Crippen LogP contribution in [0.5, 0.6) is 5.75 Å². The minimum absolute atomic E-state index is 0.0103. The summed E-state index contributed by atoms with van der Waals surface area (Å²) in [4.78, 5) is 31.1. The number of halogens is 1. The van der Waals surface area contributed by atoms with Crippen LogP contribution in [0.1, 0.15) is 20.3 Å². The normalized spacial score (nSPS) is 12.5. The molecule has 0 bridgehead atoms. The zero-order valence-electron chi connectivity index (χ0n) is 17.2. The van der Waals surface area contributed by atoms with Crippen molar-refractivity contribution in [3.05, 3.63) is 50.1 Å². The number of aryl methyl sites for hydroxylation is 1. The lowest BCUT2D eigenvalue weighted by Crippen LogP contribution is -2.31. The van der Waals surface area contributed by atoms with E-state index >= 15 is 0 Å². The minimum atomic E-state index is -0.916. The molecular formula is C20H26ClN5O4. The van der Waals surface area contributed by atoms with E-state index in [4.69, 9.17) is 16.3 Å². The van der Waals surface area contributed by atoms with Gasteiger partial charge in [0.1, 0.15) is 18.5 Å². The van der Waals surface area contributed by atoms with Gasteiger partial charge in [-0.2, -0.15) is 4.98 Å². The van der Waals surface area contributed by atoms with Crippen molar-refractivity contribution in [2.45, 2.75) is 32.9 Å². The lowest BCUT2D eigenvalue weighted by atomic mass is 10.1. The molecule has 30 heavy (non-hydrogen) atoms. The maximum absolute atomic E-state index is 12.5. The predicted octanol–water partition coefficient (Wildman–Crippen LogP) is 1.97. The highest BCUT2D eigenvalue weighted by atomic mass is 35.5. The molecule has 1 unspecified atom stereocenters. The molecule has 9 nitrogen and oxygen atoms in total. The van der Waals surface area contributed by atoms with Gasteiger partial charge in [0.25, 0.3) is 5.56 Å². The van der Waals surface area contributed by atoms with Crippen LogP contribution >= 0.6 is 11.6 Å². The van der Waals surface area contributed by atoms with E-state index in [0.717, 1.165) is 6.42 Å². The Labute approximate surface area is 178 Å². The molecule has 0 saturated heterocycles. The molecule has 3 rings (SSSR count). The van der Waals surface area contributed by atoms with Gasteiger partial charge in [0.15, 0.2) is 11.2 Å². The Bertz CT molecular complexity index is 1120. The van der Waals surface area contributed by atoms with Crippen molar-refractivity contribution >= 4 is 28.7 Å². The molecule has 2 aromatic heterocycles. The fourth-order valence-corrected chi connectivity index (χ4v) is 3.13. The lowest BCUT2D eigenvalue weighted by molar-refractivity contribution is 0.0938. The Hall–Kier alpha value is -2.78. The second-order valence-electron chi connectivity index (χ2n) is 7.56. The first kappa shape index (κ1) is 21.9. The van der Waals surface area contributed by atoms with E-state index in [9.17, 15) is 14.7 Å². The summed E-state index contributed by atoms with van der Waals surface area (Å²) in [5, 5.41) is 14.3. The number of nitrogens with zero attached hydrogens (tertiary/aromatic N) is 3. The molecule has 162 valence electrons. The van der Waals surface area contributed by atoms with Crippen molar-refractivity contribution in [1.29, 1.82) is 0 Å². The summed E-state index contributed by atoms with van der Waals surface area (Å²) in [6.07, 6.45) is -0.0128. The number of hydrogen-bond donors (Lipinski definition) is 3. The molecular weight excluding hydrogens is 410 g/mol. The molecule has 0 amide bonds. The topological polar surface area (TPSA) is 114 Å². The first-order chi connectivity index (χ1) is 14.3. The molecule has 2 heterocycles. The van der Waals surface area contributed by atoms with E-state index in [2.05, 4.69) is 29.1 Å².